The van der Waals surface area contributed by atoms with E-state index in [1.807, 2.05) is 13.0 Å². The molecule has 0 saturated heterocycles. The van der Waals surface area contributed by atoms with Crippen LogP contribution in [0.4, 0.5) is 4.39 Å². The van der Waals surface area contributed by atoms with Crippen LogP contribution in [0.2, 0.25) is 5.02 Å². The Morgan fingerprint density at radius 1 is 1.21 bits per heavy atom. The van der Waals surface area contributed by atoms with Gasteiger partial charge >= 0.3 is 5.97 Å². The van der Waals surface area contributed by atoms with Crippen molar-refractivity contribution < 1.29 is 13.9 Å². The molecule has 11 heteroatoms. The van der Waals surface area contributed by atoms with Crippen LogP contribution in [0.15, 0.2) is 52.4 Å². The Morgan fingerprint density at radius 3 is 2.58 bits per heavy atom. The monoisotopic (exact) mass is 521 g/mol. The van der Waals surface area contributed by atoms with Crippen molar-refractivity contribution in [3.8, 4) is 11.4 Å². The summed E-state index contributed by atoms with van der Waals surface area (Å²) in [7, 11) is 0. The van der Waals surface area contributed by atoms with Crippen molar-refractivity contribution in [3.63, 3.8) is 0 Å². The van der Waals surface area contributed by atoms with Crippen LogP contribution in [0.25, 0.3) is 21.7 Å². The van der Waals surface area contributed by atoms with E-state index in [2.05, 4.69) is 0 Å². The molecular weight excluding hydrogens is 505 g/mol. The van der Waals surface area contributed by atoms with E-state index < -0.39 is 11.8 Å². The van der Waals surface area contributed by atoms with Gasteiger partial charge in [-0.15, -0.1) is 0 Å². The molecule has 0 N–H and O–H groups in total. The lowest BCUT2D eigenvalue weighted by Crippen LogP contribution is -2.22. The first-order chi connectivity index (χ1) is 15.8. The highest BCUT2D eigenvalue weighted by molar-refractivity contribution is 7.99. The van der Waals surface area contributed by atoms with Gasteiger partial charge in [0.1, 0.15) is 10.5 Å². The largest absolute Gasteiger partial charge is 0.465 e. The number of benzene rings is 2. The molecule has 2 heterocycles. The minimum atomic E-state index is -0.432. The lowest BCUT2D eigenvalue weighted by Gasteiger charge is -2.13. The van der Waals surface area contributed by atoms with Crippen molar-refractivity contribution in [2.75, 3.05) is 12.4 Å². The van der Waals surface area contributed by atoms with Crippen LogP contribution in [0.3, 0.4) is 0 Å². The van der Waals surface area contributed by atoms with Gasteiger partial charge in [-0.1, -0.05) is 34.7 Å². The number of aromatic nitrogens is 3. The molecular formula is C22H17ClFN3O3S3. The summed E-state index contributed by atoms with van der Waals surface area (Å²) in [6, 6.07) is 10.9. The van der Waals surface area contributed by atoms with Gasteiger partial charge in [0.2, 0.25) is 0 Å². The second-order valence-corrected chi connectivity index (χ2v) is 9.89. The third-order valence-electron chi connectivity index (χ3n) is 4.69. The van der Waals surface area contributed by atoms with Gasteiger partial charge in [0.15, 0.2) is 14.8 Å². The van der Waals surface area contributed by atoms with E-state index in [9.17, 15) is 14.0 Å². The summed E-state index contributed by atoms with van der Waals surface area (Å²) < 4.78 is 22.4. The number of thioether (sulfide) groups is 1. The number of halogens is 2. The molecule has 0 spiro atoms. The van der Waals surface area contributed by atoms with Crippen molar-refractivity contribution in [2.45, 2.75) is 19.0 Å². The van der Waals surface area contributed by atoms with E-state index in [0.717, 1.165) is 34.3 Å². The molecule has 0 saturated carbocycles. The van der Waals surface area contributed by atoms with Crippen LogP contribution in [-0.4, -0.2) is 32.4 Å². The van der Waals surface area contributed by atoms with Gasteiger partial charge in [0, 0.05) is 10.7 Å². The number of thiazole rings is 1. The third kappa shape index (κ3) is 4.74. The fourth-order valence-electron chi connectivity index (χ4n) is 3.17. The number of hydrogen-bond acceptors (Lipinski definition) is 7. The lowest BCUT2D eigenvalue weighted by atomic mass is 10.2. The number of fused-ring (bicyclic) bond motifs is 1. The van der Waals surface area contributed by atoms with E-state index in [-0.39, 0.29) is 23.1 Å². The summed E-state index contributed by atoms with van der Waals surface area (Å²) in [4.78, 5) is 30.2. The van der Waals surface area contributed by atoms with Crippen LogP contribution < -0.4 is 5.56 Å². The van der Waals surface area contributed by atoms with Crippen molar-refractivity contribution >= 4 is 63.2 Å². The summed E-state index contributed by atoms with van der Waals surface area (Å²) in [5, 5.41) is 0.876. The quantitative estimate of drug-likeness (QED) is 0.140. The average Bonchev–Trinajstić information content (AvgIpc) is 3.11. The van der Waals surface area contributed by atoms with Crippen LogP contribution in [0, 0.1) is 16.7 Å². The fraction of sp³-hybridized carbons (Fsp3) is 0.182. The Labute approximate surface area is 206 Å². The Bertz CT molecular complexity index is 1480. The standard InChI is InChI=1S/C22H17ClFN3O3S3/c1-3-30-17(28)11-32-21-25-19-18(20(29)27(21)14-6-4-13(24)5-7-14)33-22(31)26(19)15-8-9-16(23)12(2)10-15/h4-10H,3,11H2,1-2H3. The SMILES string of the molecule is CCOC(=O)CSc1nc2c(sc(=S)n2-c2ccc(Cl)c(C)c2)c(=O)n1-c1ccc(F)cc1. The summed E-state index contributed by atoms with van der Waals surface area (Å²) in [5.41, 5.74) is 2.02. The molecule has 2 aromatic carbocycles. The minimum Gasteiger partial charge on any atom is -0.465 e. The van der Waals surface area contributed by atoms with Gasteiger partial charge in [-0.25, -0.2) is 9.37 Å². The maximum absolute atomic E-state index is 13.6. The van der Waals surface area contributed by atoms with Crippen LogP contribution >= 0.6 is 46.9 Å². The zero-order valence-corrected chi connectivity index (χ0v) is 20.7. The van der Waals surface area contributed by atoms with Gasteiger partial charge in [-0.05, 0) is 74.1 Å². The number of nitrogens with zero attached hydrogens (tertiary/aromatic N) is 3. The number of ether oxygens (including phenoxy) is 1. The highest BCUT2D eigenvalue weighted by Gasteiger charge is 2.20. The number of hydrogen-bond donors (Lipinski definition) is 0. The van der Waals surface area contributed by atoms with Gasteiger partial charge in [-0.3, -0.25) is 18.7 Å². The lowest BCUT2D eigenvalue weighted by molar-refractivity contribution is -0.139. The molecule has 0 unspecified atom stereocenters. The predicted molar refractivity (Wildman–Crippen MR) is 132 cm³/mol. The molecule has 170 valence electrons. The Hall–Kier alpha value is -2.53. The normalized spacial score (nSPS) is 11.2. The molecule has 4 aromatic rings. The van der Waals surface area contributed by atoms with E-state index in [0.29, 0.717) is 25.0 Å². The number of aryl methyl sites for hydroxylation is 1. The van der Waals surface area contributed by atoms with Crippen molar-refractivity contribution in [1.82, 2.24) is 14.1 Å². The van der Waals surface area contributed by atoms with Crippen LogP contribution in [0.1, 0.15) is 12.5 Å². The third-order valence-corrected chi connectivity index (χ3v) is 7.37. The molecule has 0 amide bonds. The average molecular weight is 522 g/mol. The smallest absolute Gasteiger partial charge is 0.316 e. The first-order valence-corrected chi connectivity index (χ1v) is 12.4. The molecule has 0 atom stereocenters. The van der Waals surface area contributed by atoms with E-state index in [4.69, 9.17) is 33.5 Å². The molecule has 0 fully saturated rings. The minimum absolute atomic E-state index is 0.0437. The maximum Gasteiger partial charge on any atom is 0.316 e. The van der Waals surface area contributed by atoms with Crippen LogP contribution in [-0.2, 0) is 9.53 Å². The van der Waals surface area contributed by atoms with Crippen LogP contribution in [0.5, 0.6) is 0 Å². The molecule has 0 radical (unpaired) electrons. The van der Waals surface area contributed by atoms with Gasteiger partial charge < -0.3 is 4.74 Å². The van der Waals surface area contributed by atoms with E-state index in [1.54, 1.807) is 23.6 Å². The number of esters is 1. The van der Waals surface area contributed by atoms with Gasteiger partial charge in [0.25, 0.3) is 5.56 Å². The predicted octanol–water partition coefficient (Wildman–Crippen LogP) is 5.72. The molecule has 33 heavy (non-hydrogen) atoms. The maximum atomic E-state index is 13.6. The fourth-order valence-corrected chi connectivity index (χ4v) is 5.39. The zero-order valence-electron chi connectivity index (χ0n) is 17.5. The topological polar surface area (TPSA) is 66.1 Å². The Morgan fingerprint density at radius 2 is 1.91 bits per heavy atom. The summed E-state index contributed by atoms with van der Waals surface area (Å²) in [6.07, 6.45) is 0. The van der Waals surface area contributed by atoms with Crippen molar-refractivity contribution in [2.24, 2.45) is 0 Å². The second-order valence-electron chi connectivity index (χ2n) is 6.89. The Balaban J connectivity index is 1.96. The summed E-state index contributed by atoms with van der Waals surface area (Å²) in [6.45, 7) is 3.84. The number of carbonyl (C=O) groups excluding carboxylic acids is 1. The molecule has 0 bridgehead atoms. The second kappa shape index (κ2) is 9.76. The first kappa shape index (κ1) is 23.6. The van der Waals surface area contributed by atoms with Gasteiger partial charge in [-0.2, -0.15) is 0 Å². The summed E-state index contributed by atoms with van der Waals surface area (Å²) >= 11 is 13.9. The molecule has 2 aromatic heterocycles. The van der Waals surface area contributed by atoms with Crippen molar-refractivity contribution in [1.29, 1.82) is 0 Å². The molecule has 0 aliphatic heterocycles. The highest BCUT2D eigenvalue weighted by Crippen LogP contribution is 2.29. The molecule has 4 rings (SSSR count). The molecule has 0 aliphatic carbocycles. The molecule has 6 nitrogen and oxygen atoms in total. The molecule has 0 aliphatic rings. The Kier molecular flexibility index (Phi) is 6.99. The number of rotatable bonds is 6. The van der Waals surface area contributed by atoms with E-state index >= 15 is 0 Å². The van der Waals surface area contributed by atoms with E-state index in [1.165, 1.54) is 28.8 Å². The highest BCUT2D eigenvalue weighted by atomic mass is 35.5. The summed E-state index contributed by atoms with van der Waals surface area (Å²) in [5.74, 6) is -0.905. The number of carbonyl (C=O) groups is 1. The first-order valence-electron chi connectivity index (χ1n) is 9.79. The zero-order chi connectivity index (χ0) is 23.7. The van der Waals surface area contributed by atoms with Gasteiger partial charge in [0.05, 0.1) is 18.0 Å². The van der Waals surface area contributed by atoms with Crippen molar-refractivity contribution in [3.05, 3.63) is 73.2 Å².